The number of aromatic nitrogens is 1. The van der Waals surface area contributed by atoms with Crippen LogP contribution < -0.4 is 10.0 Å². The molecule has 2 heterocycles. The lowest BCUT2D eigenvalue weighted by Crippen LogP contribution is -2.33. The van der Waals surface area contributed by atoms with Crippen molar-refractivity contribution in [3.05, 3.63) is 66.4 Å². The van der Waals surface area contributed by atoms with Crippen LogP contribution >= 0.6 is 11.3 Å². The Morgan fingerprint density at radius 2 is 1.81 bits per heavy atom. The smallest absolute Gasteiger partial charge is 0.407 e. The summed E-state index contributed by atoms with van der Waals surface area (Å²) in [4.78, 5) is 16.7. The number of hydrogen-bond acceptors (Lipinski definition) is 6. The molecular formula is C22H25N3O4S2. The predicted octanol–water partition coefficient (Wildman–Crippen LogP) is 4.68. The number of hydrogen-bond donors (Lipinski definition) is 2. The van der Waals surface area contributed by atoms with Gasteiger partial charge in [-0.05, 0) is 69.2 Å². The SMILES string of the molecule is CC(C)(C)OC(=O)NCCc1ccc(NS(=O)(=O)c2ccc(-c3ccccn3)s2)cc1. The molecule has 3 rings (SSSR count). The summed E-state index contributed by atoms with van der Waals surface area (Å²) in [6, 6.07) is 15.9. The summed E-state index contributed by atoms with van der Waals surface area (Å²) >= 11 is 1.17. The monoisotopic (exact) mass is 459 g/mol. The third-order valence-corrected chi connectivity index (χ3v) is 7.03. The number of amides is 1. The zero-order valence-electron chi connectivity index (χ0n) is 17.6. The van der Waals surface area contributed by atoms with Crippen LogP contribution in [-0.4, -0.2) is 31.6 Å². The third kappa shape index (κ3) is 6.80. The van der Waals surface area contributed by atoms with E-state index in [0.29, 0.717) is 18.7 Å². The Morgan fingerprint density at radius 3 is 2.45 bits per heavy atom. The number of alkyl carbamates (subject to hydrolysis) is 1. The number of pyridine rings is 1. The van der Waals surface area contributed by atoms with Crippen LogP contribution in [0, 0.1) is 0 Å². The van der Waals surface area contributed by atoms with E-state index >= 15 is 0 Å². The number of carbonyl (C=O) groups excluding carboxylic acids is 1. The summed E-state index contributed by atoms with van der Waals surface area (Å²) in [5.74, 6) is 0. The lowest BCUT2D eigenvalue weighted by atomic mass is 10.1. The lowest BCUT2D eigenvalue weighted by molar-refractivity contribution is 0.0528. The highest BCUT2D eigenvalue weighted by molar-refractivity contribution is 7.94. The Hall–Kier alpha value is -2.91. The first-order valence-electron chi connectivity index (χ1n) is 9.72. The van der Waals surface area contributed by atoms with Gasteiger partial charge >= 0.3 is 6.09 Å². The van der Waals surface area contributed by atoms with Crippen LogP contribution in [0.3, 0.4) is 0 Å². The van der Waals surface area contributed by atoms with E-state index in [2.05, 4.69) is 15.0 Å². The van der Waals surface area contributed by atoms with Gasteiger partial charge in [0.15, 0.2) is 0 Å². The number of anilines is 1. The zero-order chi connectivity index (χ0) is 22.5. The second kappa shape index (κ2) is 9.49. The van der Waals surface area contributed by atoms with Gasteiger partial charge < -0.3 is 10.1 Å². The Labute approximate surface area is 186 Å². The van der Waals surface area contributed by atoms with Crippen molar-refractivity contribution in [1.82, 2.24) is 10.3 Å². The van der Waals surface area contributed by atoms with Crippen LogP contribution in [0.2, 0.25) is 0 Å². The van der Waals surface area contributed by atoms with Gasteiger partial charge in [-0.25, -0.2) is 13.2 Å². The van der Waals surface area contributed by atoms with Gasteiger partial charge in [-0.3, -0.25) is 9.71 Å². The van der Waals surface area contributed by atoms with Crippen LogP contribution in [0.4, 0.5) is 10.5 Å². The predicted molar refractivity (Wildman–Crippen MR) is 123 cm³/mol. The summed E-state index contributed by atoms with van der Waals surface area (Å²) in [6.45, 7) is 5.84. The fraction of sp³-hybridized carbons (Fsp3) is 0.273. The van der Waals surface area contributed by atoms with Crippen molar-refractivity contribution in [2.75, 3.05) is 11.3 Å². The highest BCUT2D eigenvalue weighted by atomic mass is 32.2. The highest BCUT2D eigenvalue weighted by Gasteiger charge is 2.18. The van der Waals surface area contributed by atoms with E-state index in [4.69, 9.17) is 4.74 Å². The van der Waals surface area contributed by atoms with Gasteiger partial charge in [0, 0.05) is 18.4 Å². The number of ether oxygens (including phenoxy) is 1. The molecule has 31 heavy (non-hydrogen) atoms. The van der Waals surface area contributed by atoms with Crippen molar-refractivity contribution < 1.29 is 17.9 Å². The van der Waals surface area contributed by atoms with E-state index in [1.54, 1.807) is 30.5 Å². The Bertz CT molecular complexity index is 1120. The highest BCUT2D eigenvalue weighted by Crippen LogP contribution is 2.30. The van der Waals surface area contributed by atoms with E-state index < -0.39 is 21.7 Å². The molecule has 7 nitrogen and oxygen atoms in total. The van der Waals surface area contributed by atoms with Crippen molar-refractivity contribution >= 4 is 33.1 Å². The van der Waals surface area contributed by atoms with E-state index in [1.807, 2.05) is 51.1 Å². The second-order valence-corrected chi connectivity index (χ2v) is 10.8. The van der Waals surface area contributed by atoms with Gasteiger partial charge in [-0.1, -0.05) is 18.2 Å². The molecule has 0 spiro atoms. The Kier molecular flexibility index (Phi) is 6.97. The molecule has 0 aliphatic rings. The minimum Gasteiger partial charge on any atom is -0.444 e. The number of nitrogens with one attached hydrogen (secondary N) is 2. The van der Waals surface area contributed by atoms with E-state index in [1.165, 1.54) is 11.3 Å². The largest absolute Gasteiger partial charge is 0.444 e. The topological polar surface area (TPSA) is 97.4 Å². The number of thiophene rings is 1. The molecule has 164 valence electrons. The van der Waals surface area contributed by atoms with Crippen LogP contribution in [-0.2, 0) is 21.2 Å². The molecule has 1 amide bonds. The summed E-state index contributed by atoms with van der Waals surface area (Å²) in [5.41, 5.74) is 1.63. The average molecular weight is 460 g/mol. The first kappa shape index (κ1) is 22.8. The molecule has 0 saturated carbocycles. The maximum atomic E-state index is 12.7. The van der Waals surface area contributed by atoms with E-state index in [9.17, 15) is 13.2 Å². The van der Waals surface area contributed by atoms with Crippen LogP contribution in [0.1, 0.15) is 26.3 Å². The quantitative estimate of drug-likeness (QED) is 0.535. The number of rotatable bonds is 7. The number of carbonyl (C=O) groups is 1. The standard InChI is InChI=1S/C22H25N3O4S2/c1-22(2,3)29-21(26)24-15-13-16-7-9-17(10-8-16)25-31(27,28)20-12-11-19(30-20)18-6-4-5-14-23-18/h4-12,14,25H,13,15H2,1-3H3,(H,24,26). The molecule has 1 aromatic carbocycles. The molecule has 3 aromatic rings. The maximum absolute atomic E-state index is 12.7. The van der Waals surface area contributed by atoms with Gasteiger partial charge in [-0.15, -0.1) is 11.3 Å². The molecule has 2 N–H and O–H groups in total. The third-order valence-electron chi connectivity index (χ3n) is 4.05. The first-order valence-corrected chi connectivity index (χ1v) is 12.0. The van der Waals surface area contributed by atoms with Crippen molar-refractivity contribution in [1.29, 1.82) is 0 Å². The first-order chi connectivity index (χ1) is 14.6. The van der Waals surface area contributed by atoms with Crippen LogP contribution in [0.25, 0.3) is 10.6 Å². The second-order valence-electron chi connectivity index (χ2n) is 7.81. The minimum absolute atomic E-state index is 0.221. The fourth-order valence-electron chi connectivity index (χ4n) is 2.68. The Balaban J connectivity index is 1.57. The van der Waals surface area contributed by atoms with Crippen molar-refractivity contribution in [2.24, 2.45) is 0 Å². The summed E-state index contributed by atoms with van der Waals surface area (Å²) in [5, 5.41) is 2.70. The summed E-state index contributed by atoms with van der Waals surface area (Å²) < 4.78 is 33.4. The molecule has 2 aromatic heterocycles. The summed E-state index contributed by atoms with van der Waals surface area (Å²) in [6.07, 6.45) is 1.81. The number of sulfonamides is 1. The van der Waals surface area contributed by atoms with E-state index in [0.717, 1.165) is 16.1 Å². The summed E-state index contributed by atoms with van der Waals surface area (Å²) in [7, 11) is -3.69. The molecule has 0 fully saturated rings. The molecule has 0 aliphatic heterocycles. The molecule has 0 saturated heterocycles. The lowest BCUT2D eigenvalue weighted by Gasteiger charge is -2.19. The zero-order valence-corrected chi connectivity index (χ0v) is 19.2. The molecular weight excluding hydrogens is 434 g/mol. The Morgan fingerprint density at radius 1 is 1.06 bits per heavy atom. The number of nitrogens with zero attached hydrogens (tertiary/aromatic N) is 1. The van der Waals surface area contributed by atoms with Gasteiger partial charge in [-0.2, -0.15) is 0 Å². The van der Waals surface area contributed by atoms with Crippen molar-refractivity contribution in [3.63, 3.8) is 0 Å². The van der Waals surface area contributed by atoms with Crippen LogP contribution in [0.5, 0.6) is 0 Å². The molecule has 0 bridgehead atoms. The molecule has 0 unspecified atom stereocenters. The number of benzene rings is 1. The molecule has 0 radical (unpaired) electrons. The van der Waals surface area contributed by atoms with E-state index in [-0.39, 0.29) is 4.21 Å². The molecule has 0 aliphatic carbocycles. The molecule has 9 heteroatoms. The van der Waals surface area contributed by atoms with Crippen molar-refractivity contribution in [2.45, 2.75) is 37.0 Å². The normalized spacial score (nSPS) is 11.7. The minimum atomic E-state index is -3.69. The average Bonchev–Trinajstić information content (AvgIpc) is 3.20. The van der Waals surface area contributed by atoms with Crippen molar-refractivity contribution in [3.8, 4) is 10.6 Å². The van der Waals surface area contributed by atoms with Gasteiger partial charge in [0.25, 0.3) is 10.0 Å². The van der Waals surface area contributed by atoms with Crippen LogP contribution in [0.15, 0.2) is 65.0 Å². The van der Waals surface area contributed by atoms with Gasteiger partial charge in [0.1, 0.15) is 9.81 Å². The fourth-order valence-corrected chi connectivity index (χ4v) is 5.02. The maximum Gasteiger partial charge on any atom is 0.407 e. The van der Waals surface area contributed by atoms with Gasteiger partial charge in [0.05, 0.1) is 10.6 Å². The van der Waals surface area contributed by atoms with Gasteiger partial charge in [0.2, 0.25) is 0 Å². The molecule has 0 atom stereocenters.